The Kier molecular flexibility index (Phi) is 3.49. The molecule has 1 aromatic heterocycles. The Hall–Kier alpha value is -1.32. The molecule has 4 nitrogen and oxygen atoms in total. The summed E-state index contributed by atoms with van der Waals surface area (Å²) >= 11 is 0. The maximum Gasteiger partial charge on any atom is 0.358 e. The largest absolute Gasteiger partial charge is 0.461 e. The molecule has 0 fully saturated rings. The van der Waals surface area contributed by atoms with E-state index >= 15 is 0 Å². The number of unbranched alkanes of at least 4 members (excludes halogenated alkanes) is 1. The SMILES string of the molecule is CCCCOC(=O)c1ccn(C)n1. The monoisotopic (exact) mass is 182 g/mol. The van der Waals surface area contributed by atoms with Crippen molar-refractivity contribution < 1.29 is 9.53 Å². The van der Waals surface area contributed by atoms with Gasteiger partial charge in [0.05, 0.1) is 6.61 Å². The summed E-state index contributed by atoms with van der Waals surface area (Å²) in [5, 5.41) is 3.93. The number of hydrogen-bond acceptors (Lipinski definition) is 3. The van der Waals surface area contributed by atoms with Crippen molar-refractivity contribution in [3.8, 4) is 0 Å². The Balaban J connectivity index is 2.40. The zero-order valence-corrected chi connectivity index (χ0v) is 7.99. The summed E-state index contributed by atoms with van der Waals surface area (Å²) in [5.74, 6) is -0.339. The van der Waals surface area contributed by atoms with Gasteiger partial charge in [-0.3, -0.25) is 4.68 Å². The van der Waals surface area contributed by atoms with E-state index in [0.717, 1.165) is 12.8 Å². The van der Waals surface area contributed by atoms with E-state index in [2.05, 4.69) is 12.0 Å². The van der Waals surface area contributed by atoms with Gasteiger partial charge in [-0.1, -0.05) is 13.3 Å². The van der Waals surface area contributed by atoms with Gasteiger partial charge in [0.15, 0.2) is 5.69 Å². The molecule has 0 radical (unpaired) electrons. The highest BCUT2D eigenvalue weighted by Gasteiger charge is 2.08. The van der Waals surface area contributed by atoms with Crippen LogP contribution in [0.2, 0.25) is 0 Å². The lowest BCUT2D eigenvalue weighted by atomic mass is 10.4. The van der Waals surface area contributed by atoms with Crippen LogP contribution in [0.1, 0.15) is 30.3 Å². The topological polar surface area (TPSA) is 44.1 Å². The fraction of sp³-hybridized carbons (Fsp3) is 0.556. The molecule has 0 aromatic carbocycles. The Morgan fingerprint density at radius 2 is 2.46 bits per heavy atom. The van der Waals surface area contributed by atoms with Gasteiger partial charge >= 0.3 is 5.97 Å². The van der Waals surface area contributed by atoms with Gasteiger partial charge in [0.1, 0.15) is 0 Å². The summed E-state index contributed by atoms with van der Waals surface area (Å²) < 4.78 is 6.55. The molecule has 0 aliphatic rings. The van der Waals surface area contributed by atoms with E-state index in [1.54, 1.807) is 24.0 Å². The maximum atomic E-state index is 11.2. The van der Waals surface area contributed by atoms with Gasteiger partial charge < -0.3 is 4.74 Å². The number of esters is 1. The zero-order valence-electron chi connectivity index (χ0n) is 7.99. The molecule has 0 aliphatic heterocycles. The molecule has 0 N–H and O–H groups in total. The van der Waals surface area contributed by atoms with Crippen LogP contribution in [0.5, 0.6) is 0 Å². The average molecular weight is 182 g/mol. The second-order valence-corrected chi connectivity index (χ2v) is 2.86. The molecule has 1 aromatic rings. The first-order valence-electron chi connectivity index (χ1n) is 4.41. The van der Waals surface area contributed by atoms with Crippen LogP contribution in [0.25, 0.3) is 0 Å². The summed E-state index contributed by atoms with van der Waals surface area (Å²) in [7, 11) is 1.77. The molecule has 72 valence electrons. The highest BCUT2D eigenvalue weighted by atomic mass is 16.5. The van der Waals surface area contributed by atoms with Crippen molar-refractivity contribution in [1.82, 2.24) is 9.78 Å². The quantitative estimate of drug-likeness (QED) is 0.522. The molecule has 1 rings (SSSR count). The number of carbonyl (C=O) groups excluding carboxylic acids is 1. The Labute approximate surface area is 77.5 Å². The highest BCUT2D eigenvalue weighted by molar-refractivity contribution is 5.86. The van der Waals surface area contributed by atoms with Crippen molar-refractivity contribution in [3.05, 3.63) is 18.0 Å². The zero-order chi connectivity index (χ0) is 9.68. The predicted molar refractivity (Wildman–Crippen MR) is 48.4 cm³/mol. The van der Waals surface area contributed by atoms with Gasteiger partial charge in [-0.05, 0) is 12.5 Å². The first-order chi connectivity index (χ1) is 6.24. The van der Waals surface area contributed by atoms with Gasteiger partial charge in [0, 0.05) is 13.2 Å². The fourth-order valence-electron chi connectivity index (χ4n) is 0.907. The van der Waals surface area contributed by atoms with E-state index in [9.17, 15) is 4.79 Å². The standard InChI is InChI=1S/C9H14N2O2/c1-3-4-7-13-9(12)8-5-6-11(2)10-8/h5-6H,3-4,7H2,1-2H3. The van der Waals surface area contributed by atoms with Crippen molar-refractivity contribution in [1.29, 1.82) is 0 Å². The van der Waals surface area contributed by atoms with Gasteiger partial charge in [-0.25, -0.2) is 4.79 Å². The highest BCUT2D eigenvalue weighted by Crippen LogP contribution is 1.98. The normalized spacial score (nSPS) is 10.0. The molecule has 0 saturated heterocycles. The first-order valence-corrected chi connectivity index (χ1v) is 4.41. The Bertz CT molecular complexity index is 281. The minimum atomic E-state index is -0.339. The van der Waals surface area contributed by atoms with Gasteiger partial charge in [0.25, 0.3) is 0 Å². The molecule has 0 atom stereocenters. The molecular weight excluding hydrogens is 168 g/mol. The maximum absolute atomic E-state index is 11.2. The molecule has 13 heavy (non-hydrogen) atoms. The van der Waals surface area contributed by atoms with Gasteiger partial charge in [-0.2, -0.15) is 5.10 Å². The van der Waals surface area contributed by atoms with Crippen LogP contribution in [0.3, 0.4) is 0 Å². The number of carbonyl (C=O) groups is 1. The summed E-state index contributed by atoms with van der Waals surface area (Å²) in [4.78, 5) is 11.2. The van der Waals surface area contributed by atoms with Crippen LogP contribution in [0.4, 0.5) is 0 Å². The molecular formula is C9H14N2O2. The van der Waals surface area contributed by atoms with E-state index in [1.807, 2.05) is 0 Å². The van der Waals surface area contributed by atoms with Crippen LogP contribution in [-0.2, 0) is 11.8 Å². The van der Waals surface area contributed by atoms with Crippen LogP contribution in [0, 0.1) is 0 Å². The lowest BCUT2D eigenvalue weighted by Gasteiger charge is -1.99. The van der Waals surface area contributed by atoms with Crippen molar-refractivity contribution in [2.24, 2.45) is 7.05 Å². The molecule has 4 heteroatoms. The van der Waals surface area contributed by atoms with Crippen molar-refractivity contribution >= 4 is 5.97 Å². The van der Waals surface area contributed by atoms with E-state index in [0.29, 0.717) is 12.3 Å². The van der Waals surface area contributed by atoms with Crippen molar-refractivity contribution in [2.75, 3.05) is 6.61 Å². The van der Waals surface area contributed by atoms with Crippen molar-refractivity contribution in [3.63, 3.8) is 0 Å². The molecule has 0 amide bonds. The smallest absolute Gasteiger partial charge is 0.358 e. The summed E-state index contributed by atoms with van der Waals surface area (Å²) in [6.45, 7) is 2.53. The molecule has 1 heterocycles. The fourth-order valence-corrected chi connectivity index (χ4v) is 0.907. The van der Waals surface area contributed by atoms with Crippen LogP contribution in [0.15, 0.2) is 12.3 Å². The van der Waals surface area contributed by atoms with E-state index in [1.165, 1.54) is 0 Å². The molecule has 0 unspecified atom stereocenters. The lowest BCUT2D eigenvalue weighted by molar-refractivity contribution is 0.0492. The number of aryl methyl sites for hydroxylation is 1. The number of hydrogen-bond donors (Lipinski definition) is 0. The van der Waals surface area contributed by atoms with E-state index in [4.69, 9.17) is 4.74 Å². The summed E-state index contributed by atoms with van der Waals surface area (Å²) in [6, 6.07) is 1.65. The van der Waals surface area contributed by atoms with E-state index < -0.39 is 0 Å². The molecule has 0 bridgehead atoms. The average Bonchev–Trinajstić information content (AvgIpc) is 2.52. The number of nitrogens with zero attached hydrogens (tertiary/aromatic N) is 2. The second-order valence-electron chi connectivity index (χ2n) is 2.86. The Morgan fingerprint density at radius 3 is 3.00 bits per heavy atom. The van der Waals surface area contributed by atoms with Crippen LogP contribution >= 0.6 is 0 Å². The predicted octanol–water partition coefficient (Wildman–Crippen LogP) is 1.38. The van der Waals surface area contributed by atoms with E-state index in [-0.39, 0.29) is 5.97 Å². The molecule has 0 aliphatic carbocycles. The first kappa shape index (κ1) is 9.77. The number of ether oxygens (including phenoxy) is 1. The third-order valence-corrected chi connectivity index (χ3v) is 1.65. The Morgan fingerprint density at radius 1 is 1.69 bits per heavy atom. The minimum absolute atomic E-state index is 0.339. The van der Waals surface area contributed by atoms with Gasteiger partial charge in [0.2, 0.25) is 0 Å². The third kappa shape index (κ3) is 2.89. The summed E-state index contributed by atoms with van der Waals surface area (Å²) in [6.07, 6.45) is 3.64. The molecule has 0 saturated carbocycles. The second kappa shape index (κ2) is 4.64. The lowest BCUT2D eigenvalue weighted by Crippen LogP contribution is -2.07. The molecule has 0 spiro atoms. The van der Waals surface area contributed by atoms with Crippen LogP contribution < -0.4 is 0 Å². The van der Waals surface area contributed by atoms with Crippen molar-refractivity contribution in [2.45, 2.75) is 19.8 Å². The minimum Gasteiger partial charge on any atom is -0.461 e. The number of rotatable bonds is 4. The van der Waals surface area contributed by atoms with Gasteiger partial charge in [-0.15, -0.1) is 0 Å². The number of aromatic nitrogens is 2. The summed E-state index contributed by atoms with van der Waals surface area (Å²) in [5.41, 5.74) is 0.374. The third-order valence-electron chi connectivity index (χ3n) is 1.65. The van der Waals surface area contributed by atoms with Crippen LogP contribution in [-0.4, -0.2) is 22.4 Å².